The van der Waals surface area contributed by atoms with Gasteiger partial charge in [0.1, 0.15) is 0 Å². The van der Waals surface area contributed by atoms with Crippen LogP contribution in [-0.4, -0.2) is 83.1 Å². The number of guanidine groups is 1. The van der Waals surface area contributed by atoms with Crippen molar-refractivity contribution in [1.82, 2.24) is 19.8 Å². The SMILES string of the molecule is CCNC(=NCc1ccccc1S(=O)(=O)N(C)C)NCC(C(C)C)N1CCOCC1.I. The second-order valence-corrected chi connectivity index (χ2v) is 10.1. The van der Waals surface area contributed by atoms with E-state index in [9.17, 15) is 8.42 Å². The fourth-order valence-electron chi connectivity index (χ4n) is 3.49. The Kier molecular flexibility index (Phi) is 12.3. The monoisotopic (exact) mass is 567 g/mol. The summed E-state index contributed by atoms with van der Waals surface area (Å²) in [5.74, 6) is 1.18. The summed E-state index contributed by atoms with van der Waals surface area (Å²) in [6, 6.07) is 7.40. The number of ether oxygens (including phenoxy) is 1. The smallest absolute Gasteiger partial charge is 0.242 e. The van der Waals surface area contributed by atoms with E-state index in [0.29, 0.717) is 28.4 Å². The molecular formula is C21H38IN5O3S. The molecule has 1 saturated heterocycles. The van der Waals surface area contributed by atoms with E-state index in [2.05, 4.69) is 34.4 Å². The largest absolute Gasteiger partial charge is 0.379 e. The van der Waals surface area contributed by atoms with Crippen LogP contribution in [0.2, 0.25) is 0 Å². The maximum Gasteiger partial charge on any atom is 0.242 e. The van der Waals surface area contributed by atoms with E-state index in [1.54, 1.807) is 26.2 Å². The van der Waals surface area contributed by atoms with Crippen molar-refractivity contribution in [2.75, 3.05) is 53.5 Å². The number of aliphatic imine (C=N–C) groups is 1. The zero-order valence-corrected chi connectivity index (χ0v) is 22.4. The Balaban J connectivity index is 0.00000480. The van der Waals surface area contributed by atoms with Crippen LogP contribution in [0.25, 0.3) is 0 Å². The van der Waals surface area contributed by atoms with Crippen LogP contribution in [0.15, 0.2) is 34.2 Å². The van der Waals surface area contributed by atoms with Gasteiger partial charge in [-0.2, -0.15) is 0 Å². The second kappa shape index (κ2) is 13.6. The van der Waals surface area contributed by atoms with E-state index in [1.807, 2.05) is 19.1 Å². The highest BCUT2D eigenvalue weighted by Gasteiger charge is 2.24. The zero-order chi connectivity index (χ0) is 22.1. The first-order valence-electron chi connectivity index (χ1n) is 10.6. The highest BCUT2D eigenvalue weighted by atomic mass is 127. The predicted molar refractivity (Wildman–Crippen MR) is 137 cm³/mol. The van der Waals surface area contributed by atoms with Crippen molar-refractivity contribution in [3.63, 3.8) is 0 Å². The van der Waals surface area contributed by atoms with Crippen molar-refractivity contribution >= 4 is 40.0 Å². The minimum absolute atomic E-state index is 0. The van der Waals surface area contributed by atoms with Crippen molar-refractivity contribution in [3.05, 3.63) is 29.8 Å². The first-order valence-corrected chi connectivity index (χ1v) is 12.1. The zero-order valence-electron chi connectivity index (χ0n) is 19.3. The Morgan fingerprint density at radius 2 is 1.84 bits per heavy atom. The highest BCUT2D eigenvalue weighted by molar-refractivity contribution is 14.0. The summed E-state index contributed by atoms with van der Waals surface area (Å²) in [5, 5.41) is 6.71. The summed E-state index contributed by atoms with van der Waals surface area (Å²) >= 11 is 0. The van der Waals surface area contributed by atoms with Gasteiger partial charge in [0.05, 0.1) is 24.7 Å². The minimum atomic E-state index is -3.51. The molecule has 1 unspecified atom stereocenters. The molecule has 0 radical (unpaired) electrons. The lowest BCUT2D eigenvalue weighted by atomic mass is 10.0. The van der Waals surface area contributed by atoms with E-state index in [0.717, 1.165) is 39.4 Å². The Labute approximate surface area is 204 Å². The number of halogens is 1. The average molecular weight is 568 g/mol. The third kappa shape index (κ3) is 8.16. The molecule has 8 nitrogen and oxygen atoms in total. The lowest BCUT2D eigenvalue weighted by Crippen LogP contribution is -2.52. The lowest BCUT2D eigenvalue weighted by Gasteiger charge is -2.37. The molecule has 0 amide bonds. The fourth-order valence-corrected chi connectivity index (χ4v) is 4.59. The summed E-state index contributed by atoms with van der Waals surface area (Å²) in [6.45, 7) is 11.7. The molecule has 31 heavy (non-hydrogen) atoms. The van der Waals surface area contributed by atoms with Gasteiger partial charge in [-0.1, -0.05) is 32.0 Å². The molecule has 0 aliphatic carbocycles. The van der Waals surface area contributed by atoms with E-state index in [-0.39, 0.29) is 30.5 Å². The molecular weight excluding hydrogens is 529 g/mol. The van der Waals surface area contributed by atoms with Gasteiger partial charge in [-0.25, -0.2) is 17.7 Å². The molecule has 1 aliphatic rings. The molecule has 0 bridgehead atoms. The molecule has 1 aliphatic heterocycles. The number of nitrogens with one attached hydrogen (secondary N) is 2. The van der Waals surface area contributed by atoms with Crippen molar-refractivity contribution in [3.8, 4) is 0 Å². The lowest BCUT2D eigenvalue weighted by molar-refractivity contribution is 0.00752. The summed E-state index contributed by atoms with van der Waals surface area (Å²) < 4.78 is 32.0. The van der Waals surface area contributed by atoms with Gasteiger partial charge < -0.3 is 15.4 Å². The number of hydrogen-bond donors (Lipinski definition) is 2. The van der Waals surface area contributed by atoms with Crippen LogP contribution in [0, 0.1) is 5.92 Å². The Hall–Kier alpha value is -0.950. The van der Waals surface area contributed by atoms with Crippen LogP contribution in [0.5, 0.6) is 0 Å². The molecule has 1 fully saturated rings. The summed E-state index contributed by atoms with van der Waals surface area (Å²) in [7, 11) is -0.434. The minimum Gasteiger partial charge on any atom is -0.379 e. The average Bonchev–Trinajstić information content (AvgIpc) is 2.72. The molecule has 1 aromatic rings. The summed E-state index contributed by atoms with van der Waals surface area (Å²) in [4.78, 5) is 7.42. The van der Waals surface area contributed by atoms with Gasteiger partial charge in [0.25, 0.3) is 0 Å². The maximum atomic E-state index is 12.6. The molecule has 0 spiro atoms. The Morgan fingerprint density at radius 1 is 1.19 bits per heavy atom. The van der Waals surface area contributed by atoms with E-state index >= 15 is 0 Å². The van der Waals surface area contributed by atoms with Gasteiger partial charge in [-0.05, 0) is 24.5 Å². The van der Waals surface area contributed by atoms with Crippen LogP contribution in [0.1, 0.15) is 26.3 Å². The third-order valence-corrected chi connectivity index (χ3v) is 7.16. The normalized spacial score (nSPS) is 16.8. The van der Waals surface area contributed by atoms with E-state index in [4.69, 9.17) is 4.74 Å². The maximum absolute atomic E-state index is 12.6. The first kappa shape index (κ1) is 28.1. The summed E-state index contributed by atoms with van der Waals surface area (Å²) in [5.41, 5.74) is 0.678. The number of morpholine rings is 1. The third-order valence-electron chi connectivity index (χ3n) is 5.25. The van der Waals surface area contributed by atoms with Crippen LogP contribution < -0.4 is 10.6 Å². The number of rotatable bonds is 9. The molecule has 1 aromatic carbocycles. The number of benzene rings is 1. The van der Waals surface area contributed by atoms with E-state index in [1.165, 1.54) is 4.31 Å². The van der Waals surface area contributed by atoms with Crippen LogP contribution in [0.3, 0.4) is 0 Å². The van der Waals surface area contributed by atoms with Gasteiger partial charge in [-0.15, -0.1) is 24.0 Å². The Morgan fingerprint density at radius 3 is 2.42 bits per heavy atom. The van der Waals surface area contributed by atoms with Gasteiger partial charge in [0, 0.05) is 46.3 Å². The van der Waals surface area contributed by atoms with Crippen molar-refractivity contribution in [2.45, 2.75) is 38.3 Å². The quantitative estimate of drug-likeness (QED) is 0.270. The molecule has 10 heteroatoms. The number of hydrogen-bond acceptors (Lipinski definition) is 5. The molecule has 0 aromatic heterocycles. The standard InChI is InChI=1S/C21H37N5O3S.HI/c1-6-22-21(24-16-19(17(2)3)26-11-13-29-14-12-26)23-15-18-9-7-8-10-20(18)30(27,28)25(4)5;/h7-10,17,19H,6,11-16H2,1-5H3,(H2,22,23,24);1H. The molecule has 1 heterocycles. The van der Waals surface area contributed by atoms with Crippen molar-refractivity contribution < 1.29 is 13.2 Å². The van der Waals surface area contributed by atoms with Crippen LogP contribution in [0.4, 0.5) is 0 Å². The van der Waals surface area contributed by atoms with Crippen LogP contribution >= 0.6 is 24.0 Å². The van der Waals surface area contributed by atoms with Gasteiger partial charge in [-0.3, -0.25) is 4.90 Å². The molecule has 1 atom stereocenters. The fraction of sp³-hybridized carbons (Fsp3) is 0.667. The van der Waals surface area contributed by atoms with Gasteiger partial charge in [0.15, 0.2) is 5.96 Å². The molecule has 178 valence electrons. The first-order chi connectivity index (χ1) is 14.3. The van der Waals surface area contributed by atoms with Crippen molar-refractivity contribution in [1.29, 1.82) is 0 Å². The molecule has 2 rings (SSSR count). The van der Waals surface area contributed by atoms with Crippen molar-refractivity contribution in [2.24, 2.45) is 10.9 Å². The molecule has 2 N–H and O–H groups in total. The van der Waals surface area contributed by atoms with E-state index < -0.39 is 10.0 Å². The Bertz CT molecular complexity index is 796. The second-order valence-electron chi connectivity index (χ2n) is 7.93. The highest BCUT2D eigenvalue weighted by Crippen LogP contribution is 2.19. The summed E-state index contributed by atoms with van der Waals surface area (Å²) in [6.07, 6.45) is 0. The molecule has 0 saturated carbocycles. The van der Waals surface area contributed by atoms with Gasteiger partial charge >= 0.3 is 0 Å². The van der Waals surface area contributed by atoms with Crippen LogP contribution in [-0.2, 0) is 21.3 Å². The number of sulfonamides is 1. The number of nitrogens with zero attached hydrogens (tertiary/aromatic N) is 3. The van der Waals surface area contributed by atoms with Gasteiger partial charge in [0.2, 0.25) is 10.0 Å². The predicted octanol–water partition coefficient (Wildman–Crippen LogP) is 1.97. The topological polar surface area (TPSA) is 86.3 Å².